The van der Waals surface area contributed by atoms with Crippen LogP contribution in [0.15, 0.2) is 54.6 Å². The zero-order chi connectivity index (χ0) is 14.5. The molecule has 0 spiro atoms. The standard InChI is InChI=1S/C16H19N3O/c1-12(16(20)18-14-8-4-3-5-9-14)19(2)15-10-6-7-13(17)11-15/h3-12H,17H2,1-2H3,(H,18,20). The lowest BCUT2D eigenvalue weighted by molar-refractivity contribution is -0.117. The first-order chi connectivity index (χ1) is 9.58. The van der Waals surface area contributed by atoms with E-state index in [1.165, 1.54) is 0 Å². The van der Waals surface area contributed by atoms with Gasteiger partial charge in [-0.2, -0.15) is 0 Å². The van der Waals surface area contributed by atoms with E-state index in [1.807, 2.05) is 73.5 Å². The normalized spacial score (nSPS) is 11.7. The van der Waals surface area contributed by atoms with Gasteiger partial charge in [0.25, 0.3) is 0 Å². The summed E-state index contributed by atoms with van der Waals surface area (Å²) < 4.78 is 0. The lowest BCUT2D eigenvalue weighted by Crippen LogP contribution is -2.39. The Morgan fingerprint density at radius 2 is 1.85 bits per heavy atom. The van der Waals surface area contributed by atoms with Crippen molar-refractivity contribution in [2.75, 3.05) is 23.0 Å². The first kappa shape index (κ1) is 13.9. The summed E-state index contributed by atoms with van der Waals surface area (Å²) >= 11 is 0. The van der Waals surface area contributed by atoms with Crippen LogP contribution in [0, 0.1) is 0 Å². The summed E-state index contributed by atoms with van der Waals surface area (Å²) in [7, 11) is 1.88. The fourth-order valence-electron chi connectivity index (χ4n) is 1.91. The second kappa shape index (κ2) is 6.10. The van der Waals surface area contributed by atoms with Gasteiger partial charge in [-0.15, -0.1) is 0 Å². The highest BCUT2D eigenvalue weighted by Crippen LogP contribution is 2.19. The van der Waals surface area contributed by atoms with Gasteiger partial charge in [0.2, 0.25) is 5.91 Å². The van der Waals surface area contributed by atoms with Crippen LogP contribution in [0.3, 0.4) is 0 Å². The van der Waals surface area contributed by atoms with Gasteiger partial charge in [-0.05, 0) is 37.3 Å². The molecule has 20 heavy (non-hydrogen) atoms. The van der Waals surface area contributed by atoms with Gasteiger partial charge in [-0.25, -0.2) is 0 Å². The monoisotopic (exact) mass is 269 g/mol. The maximum Gasteiger partial charge on any atom is 0.246 e. The largest absolute Gasteiger partial charge is 0.399 e. The summed E-state index contributed by atoms with van der Waals surface area (Å²) in [6.45, 7) is 1.86. The van der Waals surface area contributed by atoms with Crippen molar-refractivity contribution in [1.29, 1.82) is 0 Å². The lowest BCUT2D eigenvalue weighted by atomic mass is 10.2. The van der Waals surface area contributed by atoms with Crippen LogP contribution < -0.4 is 16.0 Å². The van der Waals surface area contributed by atoms with Gasteiger partial charge < -0.3 is 16.0 Å². The lowest BCUT2D eigenvalue weighted by Gasteiger charge is -2.26. The summed E-state index contributed by atoms with van der Waals surface area (Å²) in [5, 5.41) is 2.90. The van der Waals surface area contributed by atoms with Crippen LogP contribution >= 0.6 is 0 Å². The number of amides is 1. The van der Waals surface area contributed by atoms with E-state index in [0.29, 0.717) is 5.69 Å². The Morgan fingerprint density at radius 1 is 1.15 bits per heavy atom. The summed E-state index contributed by atoms with van der Waals surface area (Å²) in [6.07, 6.45) is 0. The number of anilines is 3. The summed E-state index contributed by atoms with van der Waals surface area (Å²) in [6, 6.07) is 16.6. The molecule has 0 fully saturated rings. The van der Waals surface area contributed by atoms with E-state index in [4.69, 9.17) is 5.73 Å². The molecule has 2 aromatic carbocycles. The molecule has 0 aromatic heterocycles. The molecule has 0 aliphatic carbocycles. The minimum Gasteiger partial charge on any atom is -0.399 e. The molecule has 1 amide bonds. The summed E-state index contributed by atoms with van der Waals surface area (Å²) in [4.78, 5) is 14.1. The molecule has 0 aliphatic heterocycles. The van der Waals surface area contributed by atoms with Crippen molar-refractivity contribution in [2.45, 2.75) is 13.0 Å². The van der Waals surface area contributed by atoms with Crippen molar-refractivity contribution in [2.24, 2.45) is 0 Å². The van der Waals surface area contributed by atoms with Crippen molar-refractivity contribution < 1.29 is 4.79 Å². The smallest absolute Gasteiger partial charge is 0.246 e. The molecule has 0 saturated heterocycles. The third kappa shape index (κ3) is 3.29. The zero-order valence-corrected chi connectivity index (χ0v) is 11.7. The summed E-state index contributed by atoms with van der Waals surface area (Å²) in [5.41, 5.74) is 8.17. The van der Waals surface area contributed by atoms with Crippen LogP contribution in [0.5, 0.6) is 0 Å². The van der Waals surface area contributed by atoms with Crippen LogP contribution in [0.4, 0.5) is 17.1 Å². The topological polar surface area (TPSA) is 58.4 Å². The Balaban J connectivity index is 2.06. The van der Waals surface area contributed by atoms with Gasteiger partial charge in [0, 0.05) is 24.1 Å². The van der Waals surface area contributed by atoms with Crippen molar-refractivity contribution in [3.63, 3.8) is 0 Å². The van der Waals surface area contributed by atoms with E-state index in [9.17, 15) is 4.79 Å². The molecule has 0 bridgehead atoms. The average molecular weight is 269 g/mol. The van der Waals surface area contributed by atoms with E-state index in [0.717, 1.165) is 11.4 Å². The maximum absolute atomic E-state index is 12.2. The highest BCUT2D eigenvalue weighted by Gasteiger charge is 2.18. The van der Waals surface area contributed by atoms with Crippen molar-refractivity contribution >= 4 is 23.0 Å². The molecular weight excluding hydrogens is 250 g/mol. The predicted octanol–water partition coefficient (Wildman–Crippen LogP) is 2.73. The molecule has 0 aliphatic rings. The first-order valence-corrected chi connectivity index (χ1v) is 6.52. The van der Waals surface area contributed by atoms with Crippen molar-refractivity contribution in [3.05, 3.63) is 54.6 Å². The number of hydrogen-bond acceptors (Lipinski definition) is 3. The van der Waals surface area contributed by atoms with Gasteiger partial charge in [0.15, 0.2) is 0 Å². The molecular formula is C16H19N3O. The number of likely N-dealkylation sites (N-methyl/N-ethyl adjacent to an activating group) is 1. The molecule has 1 unspecified atom stereocenters. The second-order valence-electron chi connectivity index (χ2n) is 4.74. The van der Waals surface area contributed by atoms with Gasteiger partial charge in [-0.3, -0.25) is 4.79 Å². The van der Waals surface area contributed by atoms with Crippen LogP contribution in [-0.2, 0) is 4.79 Å². The molecule has 1 atom stereocenters. The maximum atomic E-state index is 12.2. The Morgan fingerprint density at radius 3 is 2.50 bits per heavy atom. The average Bonchev–Trinajstić information content (AvgIpc) is 2.46. The van der Waals surface area contributed by atoms with E-state index >= 15 is 0 Å². The van der Waals surface area contributed by atoms with Crippen LogP contribution in [0.2, 0.25) is 0 Å². The van der Waals surface area contributed by atoms with Gasteiger partial charge >= 0.3 is 0 Å². The summed E-state index contributed by atoms with van der Waals surface area (Å²) in [5.74, 6) is -0.0545. The van der Waals surface area contributed by atoms with Crippen LogP contribution in [0.1, 0.15) is 6.92 Å². The van der Waals surface area contributed by atoms with E-state index in [2.05, 4.69) is 5.32 Å². The zero-order valence-electron chi connectivity index (χ0n) is 11.7. The number of nitrogens with zero attached hydrogens (tertiary/aromatic N) is 1. The van der Waals surface area contributed by atoms with E-state index in [1.54, 1.807) is 0 Å². The van der Waals surface area contributed by atoms with Crippen molar-refractivity contribution in [3.8, 4) is 0 Å². The number of benzene rings is 2. The third-order valence-electron chi connectivity index (χ3n) is 3.28. The Kier molecular flexibility index (Phi) is 4.25. The molecule has 2 rings (SSSR count). The number of carbonyl (C=O) groups is 1. The Hall–Kier alpha value is -2.49. The molecule has 4 heteroatoms. The SMILES string of the molecule is CC(C(=O)Nc1ccccc1)N(C)c1cccc(N)c1. The number of nitrogens with one attached hydrogen (secondary N) is 1. The Bertz CT molecular complexity index is 583. The molecule has 0 saturated carbocycles. The van der Waals surface area contributed by atoms with Gasteiger partial charge in [-0.1, -0.05) is 24.3 Å². The molecule has 3 N–H and O–H groups in total. The quantitative estimate of drug-likeness (QED) is 0.839. The number of para-hydroxylation sites is 1. The molecule has 0 radical (unpaired) electrons. The van der Waals surface area contributed by atoms with Gasteiger partial charge in [0.05, 0.1) is 0 Å². The highest BCUT2D eigenvalue weighted by molar-refractivity contribution is 5.96. The highest BCUT2D eigenvalue weighted by atomic mass is 16.2. The molecule has 4 nitrogen and oxygen atoms in total. The minimum atomic E-state index is -0.294. The fraction of sp³-hybridized carbons (Fsp3) is 0.188. The van der Waals surface area contributed by atoms with Crippen molar-refractivity contribution in [1.82, 2.24) is 0 Å². The number of rotatable bonds is 4. The van der Waals surface area contributed by atoms with E-state index in [-0.39, 0.29) is 11.9 Å². The molecule has 104 valence electrons. The molecule has 0 heterocycles. The number of carbonyl (C=O) groups excluding carboxylic acids is 1. The minimum absolute atomic E-state index is 0.0545. The predicted molar refractivity (Wildman–Crippen MR) is 83.8 cm³/mol. The number of nitrogens with two attached hydrogens (primary N) is 1. The molecule has 2 aromatic rings. The van der Waals surface area contributed by atoms with Crippen LogP contribution in [-0.4, -0.2) is 19.0 Å². The van der Waals surface area contributed by atoms with Gasteiger partial charge in [0.1, 0.15) is 6.04 Å². The third-order valence-corrected chi connectivity index (χ3v) is 3.28. The second-order valence-corrected chi connectivity index (χ2v) is 4.74. The van der Waals surface area contributed by atoms with Crippen LogP contribution in [0.25, 0.3) is 0 Å². The fourth-order valence-corrected chi connectivity index (χ4v) is 1.91. The Labute approximate surface area is 119 Å². The number of nitrogen functional groups attached to an aromatic ring is 1. The first-order valence-electron chi connectivity index (χ1n) is 6.52. The number of hydrogen-bond donors (Lipinski definition) is 2. The van der Waals surface area contributed by atoms with E-state index < -0.39 is 0 Å².